The summed E-state index contributed by atoms with van der Waals surface area (Å²) < 4.78 is 12.5. The molecule has 4 rings (SSSR count). The van der Waals surface area contributed by atoms with Crippen molar-refractivity contribution in [2.75, 3.05) is 7.11 Å². The summed E-state index contributed by atoms with van der Waals surface area (Å²) in [6.07, 6.45) is 1.50. The SMILES string of the molecule is COc1ccccc1-c1nc(COC(=O)c2ccc(-n3nc(C)cc3C)nc2)cs1. The molecule has 0 radical (unpaired) electrons. The average Bonchev–Trinajstić information content (AvgIpc) is 3.38. The summed E-state index contributed by atoms with van der Waals surface area (Å²) in [4.78, 5) is 21.3. The van der Waals surface area contributed by atoms with Gasteiger partial charge in [0.1, 0.15) is 17.4 Å². The van der Waals surface area contributed by atoms with Crippen LogP contribution in [0.2, 0.25) is 0 Å². The zero-order chi connectivity index (χ0) is 21.1. The number of rotatable bonds is 6. The molecule has 0 atom stereocenters. The maximum atomic E-state index is 12.4. The van der Waals surface area contributed by atoms with E-state index in [9.17, 15) is 4.79 Å². The molecule has 0 saturated carbocycles. The highest BCUT2D eigenvalue weighted by Crippen LogP contribution is 2.32. The summed E-state index contributed by atoms with van der Waals surface area (Å²) in [5.41, 5.74) is 3.85. The van der Waals surface area contributed by atoms with Gasteiger partial charge >= 0.3 is 5.97 Å². The summed E-state index contributed by atoms with van der Waals surface area (Å²) >= 11 is 1.48. The van der Waals surface area contributed by atoms with Gasteiger partial charge in [-0.25, -0.2) is 19.4 Å². The van der Waals surface area contributed by atoms with Crippen LogP contribution in [0, 0.1) is 13.8 Å². The normalized spacial score (nSPS) is 10.8. The Labute approximate surface area is 178 Å². The topological polar surface area (TPSA) is 79.1 Å². The van der Waals surface area contributed by atoms with E-state index in [0.29, 0.717) is 17.1 Å². The molecule has 4 aromatic rings. The maximum absolute atomic E-state index is 12.4. The zero-order valence-electron chi connectivity index (χ0n) is 16.8. The summed E-state index contributed by atoms with van der Waals surface area (Å²) in [6, 6.07) is 13.1. The molecular weight excluding hydrogens is 400 g/mol. The molecule has 3 aromatic heterocycles. The molecule has 3 heterocycles. The molecular formula is C22H20N4O3S. The third-order valence-electron chi connectivity index (χ3n) is 4.45. The van der Waals surface area contributed by atoms with Crippen LogP contribution in [0.15, 0.2) is 54.0 Å². The Bertz CT molecular complexity index is 1180. The Morgan fingerprint density at radius 1 is 1.17 bits per heavy atom. The Kier molecular flexibility index (Phi) is 5.58. The molecule has 0 aliphatic carbocycles. The Balaban J connectivity index is 1.42. The van der Waals surface area contributed by atoms with Crippen molar-refractivity contribution >= 4 is 17.3 Å². The summed E-state index contributed by atoms with van der Waals surface area (Å²) in [6.45, 7) is 3.97. The monoisotopic (exact) mass is 420 g/mol. The van der Waals surface area contributed by atoms with Gasteiger partial charge in [0.25, 0.3) is 0 Å². The highest BCUT2D eigenvalue weighted by Gasteiger charge is 2.13. The van der Waals surface area contributed by atoms with E-state index in [1.54, 1.807) is 23.9 Å². The fourth-order valence-corrected chi connectivity index (χ4v) is 3.87. The molecule has 30 heavy (non-hydrogen) atoms. The first-order chi connectivity index (χ1) is 14.5. The fourth-order valence-electron chi connectivity index (χ4n) is 3.03. The second-order valence-electron chi connectivity index (χ2n) is 6.66. The summed E-state index contributed by atoms with van der Waals surface area (Å²) in [5.74, 6) is 0.955. The lowest BCUT2D eigenvalue weighted by Crippen LogP contribution is -2.08. The number of esters is 1. The van der Waals surface area contributed by atoms with Crippen molar-refractivity contribution in [1.82, 2.24) is 19.7 Å². The minimum atomic E-state index is -0.450. The minimum Gasteiger partial charge on any atom is -0.496 e. The number of para-hydroxylation sites is 1. The quantitative estimate of drug-likeness (QED) is 0.431. The first kappa shape index (κ1) is 19.8. The molecule has 7 nitrogen and oxygen atoms in total. The van der Waals surface area contributed by atoms with Gasteiger partial charge in [-0.05, 0) is 44.2 Å². The smallest absolute Gasteiger partial charge is 0.340 e. The molecule has 152 valence electrons. The molecule has 0 aliphatic heterocycles. The average molecular weight is 420 g/mol. The molecule has 8 heteroatoms. The van der Waals surface area contributed by atoms with Gasteiger partial charge in [0.2, 0.25) is 0 Å². The van der Waals surface area contributed by atoms with E-state index in [1.807, 2.05) is 49.6 Å². The van der Waals surface area contributed by atoms with Crippen molar-refractivity contribution in [2.45, 2.75) is 20.5 Å². The predicted octanol–water partition coefficient (Wildman–Crippen LogP) is 4.37. The lowest BCUT2D eigenvalue weighted by molar-refractivity contribution is 0.0468. The van der Waals surface area contributed by atoms with Crippen LogP contribution >= 0.6 is 11.3 Å². The first-order valence-corrected chi connectivity index (χ1v) is 10.2. The number of carbonyl (C=O) groups excluding carboxylic acids is 1. The van der Waals surface area contributed by atoms with Crippen LogP contribution in [0.5, 0.6) is 5.75 Å². The lowest BCUT2D eigenvalue weighted by Gasteiger charge is -2.06. The molecule has 0 fully saturated rings. The number of thiazole rings is 1. The van der Waals surface area contributed by atoms with E-state index in [-0.39, 0.29) is 6.61 Å². The highest BCUT2D eigenvalue weighted by molar-refractivity contribution is 7.13. The van der Waals surface area contributed by atoms with Crippen molar-refractivity contribution < 1.29 is 14.3 Å². The van der Waals surface area contributed by atoms with E-state index in [4.69, 9.17) is 9.47 Å². The van der Waals surface area contributed by atoms with Gasteiger partial charge in [-0.1, -0.05) is 12.1 Å². The molecule has 0 N–H and O–H groups in total. The van der Waals surface area contributed by atoms with Gasteiger partial charge in [0.05, 0.1) is 29.6 Å². The van der Waals surface area contributed by atoms with Gasteiger partial charge in [0.15, 0.2) is 5.82 Å². The van der Waals surface area contributed by atoms with Crippen molar-refractivity contribution in [1.29, 1.82) is 0 Å². The van der Waals surface area contributed by atoms with Crippen LogP contribution < -0.4 is 4.74 Å². The number of aryl methyl sites for hydroxylation is 2. The maximum Gasteiger partial charge on any atom is 0.340 e. The Morgan fingerprint density at radius 2 is 2.00 bits per heavy atom. The number of carbonyl (C=O) groups is 1. The third-order valence-corrected chi connectivity index (χ3v) is 5.37. The minimum absolute atomic E-state index is 0.0870. The standard InChI is InChI=1S/C22H20N4O3S/c1-14-10-15(2)26(25-14)20-9-8-16(11-23-20)22(27)29-12-17-13-30-21(24-17)18-6-4-5-7-19(18)28-3/h4-11,13H,12H2,1-3H3. The molecule has 0 aliphatic rings. The lowest BCUT2D eigenvalue weighted by atomic mass is 10.2. The third kappa shape index (κ3) is 4.08. The van der Waals surface area contributed by atoms with Crippen LogP contribution in [0.3, 0.4) is 0 Å². The number of hydrogen-bond donors (Lipinski definition) is 0. The van der Waals surface area contributed by atoms with Crippen LogP contribution in [0.1, 0.15) is 27.4 Å². The van der Waals surface area contributed by atoms with Crippen molar-refractivity contribution in [3.63, 3.8) is 0 Å². The summed E-state index contributed by atoms with van der Waals surface area (Å²) in [7, 11) is 1.63. The van der Waals surface area contributed by atoms with Crippen molar-refractivity contribution in [3.8, 4) is 22.1 Å². The van der Waals surface area contributed by atoms with Gasteiger partial charge in [0, 0.05) is 17.3 Å². The van der Waals surface area contributed by atoms with E-state index < -0.39 is 5.97 Å². The molecule has 0 saturated heterocycles. The number of hydrogen-bond acceptors (Lipinski definition) is 7. The molecule has 0 unspecified atom stereocenters. The molecule has 0 bridgehead atoms. The highest BCUT2D eigenvalue weighted by atomic mass is 32.1. The van der Waals surface area contributed by atoms with Crippen LogP contribution in [-0.4, -0.2) is 32.8 Å². The largest absolute Gasteiger partial charge is 0.496 e. The van der Waals surface area contributed by atoms with Gasteiger partial charge in [-0.2, -0.15) is 5.10 Å². The number of ether oxygens (including phenoxy) is 2. The zero-order valence-corrected chi connectivity index (χ0v) is 17.6. The van der Waals surface area contributed by atoms with Gasteiger partial charge in [-0.3, -0.25) is 0 Å². The van der Waals surface area contributed by atoms with Crippen molar-refractivity contribution in [2.24, 2.45) is 0 Å². The van der Waals surface area contributed by atoms with Crippen LogP contribution in [-0.2, 0) is 11.3 Å². The number of pyridine rings is 1. The second-order valence-corrected chi connectivity index (χ2v) is 7.52. The summed E-state index contributed by atoms with van der Waals surface area (Å²) in [5, 5.41) is 7.08. The van der Waals surface area contributed by atoms with Gasteiger partial charge in [-0.15, -0.1) is 11.3 Å². The molecule has 0 amide bonds. The Morgan fingerprint density at radius 3 is 2.70 bits per heavy atom. The van der Waals surface area contributed by atoms with Gasteiger partial charge < -0.3 is 9.47 Å². The van der Waals surface area contributed by atoms with Crippen LogP contribution in [0.4, 0.5) is 0 Å². The van der Waals surface area contributed by atoms with Crippen LogP contribution in [0.25, 0.3) is 16.4 Å². The molecule has 1 aromatic carbocycles. The van der Waals surface area contributed by atoms with E-state index in [1.165, 1.54) is 17.5 Å². The van der Waals surface area contributed by atoms with E-state index in [2.05, 4.69) is 15.1 Å². The second kappa shape index (κ2) is 8.46. The van der Waals surface area contributed by atoms with E-state index >= 15 is 0 Å². The molecule has 0 spiro atoms. The number of aromatic nitrogens is 4. The number of nitrogens with zero attached hydrogens (tertiary/aromatic N) is 4. The Hall–Kier alpha value is -3.52. The predicted molar refractivity (Wildman–Crippen MR) is 114 cm³/mol. The number of methoxy groups -OCH3 is 1. The van der Waals surface area contributed by atoms with E-state index in [0.717, 1.165) is 27.7 Å². The first-order valence-electron chi connectivity index (χ1n) is 9.30. The van der Waals surface area contributed by atoms with Crippen molar-refractivity contribution in [3.05, 3.63) is 76.7 Å². The number of benzene rings is 1. The fraction of sp³-hybridized carbons (Fsp3) is 0.182.